The summed E-state index contributed by atoms with van der Waals surface area (Å²) >= 11 is 0. The van der Waals surface area contributed by atoms with Crippen LogP contribution in [-0.2, 0) is 16.0 Å². The van der Waals surface area contributed by atoms with Gasteiger partial charge in [0.1, 0.15) is 17.3 Å². The third-order valence-corrected chi connectivity index (χ3v) is 4.80. The minimum absolute atomic E-state index is 0.00398. The summed E-state index contributed by atoms with van der Waals surface area (Å²) in [5, 5.41) is 27.7. The summed E-state index contributed by atoms with van der Waals surface area (Å²) in [4.78, 5) is 13.5. The van der Waals surface area contributed by atoms with Gasteiger partial charge in [0.15, 0.2) is 5.82 Å². The standard InChI is InChI=1S/C19H24N6O4/c26-15-2-1-14(16(27)11-15)13-20-23-17-12-18(24-3-7-28-8-4-24)22-19(21-17)25-5-9-29-10-6-25/h1-2,11-12,26-27H,3-10,13H2. The van der Waals surface area contributed by atoms with Gasteiger partial charge in [0.05, 0.1) is 33.0 Å². The van der Waals surface area contributed by atoms with E-state index in [2.05, 4.69) is 25.0 Å². The summed E-state index contributed by atoms with van der Waals surface area (Å²) in [6.07, 6.45) is 0. The fourth-order valence-electron chi connectivity index (χ4n) is 3.19. The normalized spacial score (nSPS) is 17.8. The van der Waals surface area contributed by atoms with Gasteiger partial charge in [-0.05, 0) is 12.1 Å². The van der Waals surface area contributed by atoms with Gasteiger partial charge < -0.3 is 29.5 Å². The van der Waals surface area contributed by atoms with E-state index in [9.17, 15) is 10.2 Å². The van der Waals surface area contributed by atoms with Crippen molar-refractivity contribution in [1.82, 2.24) is 9.97 Å². The Bertz CT molecular complexity index is 830. The van der Waals surface area contributed by atoms with Crippen LogP contribution < -0.4 is 9.80 Å². The van der Waals surface area contributed by atoms with Crippen molar-refractivity contribution in [2.75, 3.05) is 62.4 Å². The molecule has 10 heteroatoms. The van der Waals surface area contributed by atoms with E-state index in [1.165, 1.54) is 12.1 Å². The van der Waals surface area contributed by atoms with Gasteiger partial charge in [-0.15, -0.1) is 5.11 Å². The Morgan fingerprint density at radius 3 is 2.28 bits per heavy atom. The van der Waals surface area contributed by atoms with Crippen molar-refractivity contribution in [3.05, 3.63) is 29.8 Å². The monoisotopic (exact) mass is 400 g/mol. The number of morpholine rings is 2. The van der Waals surface area contributed by atoms with E-state index in [1.807, 2.05) is 6.07 Å². The molecule has 4 rings (SSSR count). The molecule has 1 aromatic carbocycles. The average molecular weight is 400 g/mol. The van der Waals surface area contributed by atoms with Gasteiger partial charge in [0, 0.05) is 43.9 Å². The number of phenolic OH excluding ortho intramolecular Hbond substituents is 2. The van der Waals surface area contributed by atoms with Crippen LogP contribution in [0.2, 0.25) is 0 Å². The maximum Gasteiger partial charge on any atom is 0.229 e. The molecule has 154 valence electrons. The topological polar surface area (TPSA) is 116 Å². The molecule has 0 bridgehead atoms. The average Bonchev–Trinajstić information content (AvgIpc) is 2.76. The zero-order valence-electron chi connectivity index (χ0n) is 16.1. The van der Waals surface area contributed by atoms with Crippen molar-refractivity contribution in [1.29, 1.82) is 0 Å². The number of nitrogens with zero attached hydrogens (tertiary/aromatic N) is 6. The Kier molecular flexibility index (Phi) is 6.01. The first-order valence-electron chi connectivity index (χ1n) is 9.62. The van der Waals surface area contributed by atoms with Crippen LogP contribution in [0.15, 0.2) is 34.5 Å². The first-order chi connectivity index (χ1) is 14.2. The molecule has 0 radical (unpaired) electrons. The lowest BCUT2D eigenvalue weighted by Gasteiger charge is -2.30. The zero-order valence-corrected chi connectivity index (χ0v) is 16.1. The fourth-order valence-corrected chi connectivity index (χ4v) is 3.19. The molecule has 0 aliphatic carbocycles. The smallest absolute Gasteiger partial charge is 0.229 e. The van der Waals surface area contributed by atoms with Gasteiger partial charge in [-0.3, -0.25) is 0 Å². The molecule has 3 heterocycles. The van der Waals surface area contributed by atoms with E-state index >= 15 is 0 Å². The molecule has 2 fully saturated rings. The number of ether oxygens (including phenoxy) is 2. The molecule has 0 unspecified atom stereocenters. The van der Waals surface area contributed by atoms with Crippen LogP contribution in [0.3, 0.4) is 0 Å². The summed E-state index contributed by atoms with van der Waals surface area (Å²) in [5.74, 6) is 1.85. The van der Waals surface area contributed by atoms with E-state index in [0.29, 0.717) is 43.8 Å². The van der Waals surface area contributed by atoms with Gasteiger partial charge in [-0.2, -0.15) is 15.1 Å². The summed E-state index contributed by atoms with van der Waals surface area (Å²) in [7, 11) is 0. The highest BCUT2D eigenvalue weighted by molar-refractivity contribution is 5.52. The highest BCUT2D eigenvalue weighted by Crippen LogP contribution is 2.26. The van der Waals surface area contributed by atoms with Crippen molar-refractivity contribution in [2.24, 2.45) is 10.2 Å². The van der Waals surface area contributed by atoms with E-state index in [-0.39, 0.29) is 18.0 Å². The third-order valence-electron chi connectivity index (χ3n) is 4.80. The Morgan fingerprint density at radius 1 is 0.897 bits per heavy atom. The van der Waals surface area contributed by atoms with Crippen LogP contribution in [0.1, 0.15) is 5.56 Å². The molecular formula is C19H24N6O4. The number of aromatic hydroxyl groups is 2. The second kappa shape index (κ2) is 9.01. The van der Waals surface area contributed by atoms with Crippen LogP contribution in [0.5, 0.6) is 11.5 Å². The number of hydrogen-bond acceptors (Lipinski definition) is 10. The van der Waals surface area contributed by atoms with Crippen molar-refractivity contribution in [2.45, 2.75) is 6.54 Å². The van der Waals surface area contributed by atoms with E-state index in [4.69, 9.17) is 14.5 Å². The van der Waals surface area contributed by atoms with Crippen LogP contribution in [0, 0.1) is 0 Å². The largest absolute Gasteiger partial charge is 0.508 e. The molecule has 2 aliphatic rings. The van der Waals surface area contributed by atoms with Crippen molar-refractivity contribution in [3.8, 4) is 11.5 Å². The second-order valence-corrected chi connectivity index (χ2v) is 6.80. The Hall–Kier alpha value is -2.98. The minimum Gasteiger partial charge on any atom is -0.508 e. The van der Waals surface area contributed by atoms with E-state index in [0.717, 1.165) is 32.0 Å². The molecule has 2 N–H and O–H groups in total. The lowest BCUT2D eigenvalue weighted by Crippen LogP contribution is -2.39. The fraction of sp³-hybridized carbons (Fsp3) is 0.474. The Balaban J connectivity index is 1.56. The molecule has 0 atom stereocenters. The van der Waals surface area contributed by atoms with Gasteiger partial charge >= 0.3 is 0 Å². The zero-order chi connectivity index (χ0) is 20.1. The summed E-state index contributed by atoms with van der Waals surface area (Å²) < 4.78 is 10.9. The number of hydrogen-bond donors (Lipinski definition) is 2. The van der Waals surface area contributed by atoms with Crippen LogP contribution in [0.25, 0.3) is 0 Å². The number of aromatic nitrogens is 2. The molecule has 1 aromatic heterocycles. The minimum atomic E-state index is -0.0188. The first kappa shape index (κ1) is 19.3. The molecule has 10 nitrogen and oxygen atoms in total. The third kappa shape index (κ3) is 4.90. The molecule has 0 saturated carbocycles. The highest BCUT2D eigenvalue weighted by atomic mass is 16.5. The predicted octanol–water partition coefficient (Wildman–Crippen LogP) is 1.84. The SMILES string of the molecule is Oc1ccc(CN=Nc2cc(N3CCOCC3)nc(N3CCOCC3)n2)c(O)c1. The van der Waals surface area contributed by atoms with Crippen LogP contribution in [0.4, 0.5) is 17.6 Å². The first-order valence-corrected chi connectivity index (χ1v) is 9.62. The van der Waals surface area contributed by atoms with Gasteiger partial charge in [-0.25, -0.2) is 0 Å². The maximum absolute atomic E-state index is 9.89. The quantitative estimate of drug-likeness (QED) is 0.731. The highest BCUT2D eigenvalue weighted by Gasteiger charge is 2.19. The molecule has 0 amide bonds. The predicted molar refractivity (Wildman–Crippen MR) is 106 cm³/mol. The number of benzene rings is 1. The summed E-state index contributed by atoms with van der Waals surface area (Å²) in [5.41, 5.74) is 0.572. The van der Waals surface area contributed by atoms with Crippen LogP contribution >= 0.6 is 0 Å². The van der Waals surface area contributed by atoms with Crippen LogP contribution in [-0.4, -0.2) is 72.8 Å². The van der Waals surface area contributed by atoms with Crippen molar-refractivity contribution >= 4 is 17.6 Å². The molecule has 2 saturated heterocycles. The van der Waals surface area contributed by atoms with E-state index < -0.39 is 0 Å². The lowest BCUT2D eigenvalue weighted by atomic mass is 10.2. The van der Waals surface area contributed by atoms with Crippen molar-refractivity contribution in [3.63, 3.8) is 0 Å². The molecule has 2 aromatic rings. The number of rotatable bonds is 5. The van der Waals surface area contributed by atoms with Gasteiger partial charge in [-0.1, -0.05) is 0 Å². The molecular weight excluding hydrogens is 376 g/mol. The lowest BCUT2D eigenvalue weighted by molar-refractivity contribution is 0.121. The number of anilines is 2. The van der Waals surface area contributed by atoms with E-state index in [1.54, 1.807) is 6.07 Å². The summed E-state index contributed by atoms with van der Waals surface area (Å²) in [6, 6.07) is 6.21. The summed E-state index contributed by atoms with van der Waals surface area (Å²) in [6.45, 7) is 5.76. The maximum atomic E-state index is 9.89. The van der Waals surface area contributed by atoms with Crippen molar-refractivity contribution < 1.29 is 19.7 Å². The molecule has 0 spiro atoms. The van der Waals surface area contributed by atoms with Gasteiger partial charge in [0.25, 0.3) is 0 Å². The second-order valence-electron chi connectivity index (χ2n) is 6.80. The van der Waals surface area contributed by atoms with Gasteiger partial charge in [0.2, 0.25) is 5.95 Å². The number of phenols is 2. The Labute approximate surface area is 168 Å². The number of azo groups is 1. The molecule has 2 aliphatic heterocycles. The molecule has 29 heavy (non-hydrogen) atoms. The Morgan fingerprint density at radius 2 is 1.59 bits per heavy atom.